The van der Waals surface area contributed by atoms with E-state index in [2.05, 4.69) is 45.8 Å². The first kappa shape index (κ1) is 83.7. The minimum atomic E-state index is -0.535. The van der Waals surface area contributed by atoms with E-state index in [-0.39, 0.29) is 436 Å². The first-order valence-corrected chi connectivity index (χ1v) is 5.10. The molecule has 0 saturated carbocycles. The van der Waals surface area contributed by atoms with Crippen LogP contribution in [0.1, 0.15) is 41.5 Å². The van der Waals surface area contributed by atoms with Gasteiger partial charge in [-0.3, -0.25) is 6.29 Å². The smallest absolute Gasteiger partial charge is 0 e. The van der Waals surface area contributed by atoms with Gasteiger partial charge in [-0.2, -0.15) is 6.92 Å². The van der Waals surface area contributed by atoms with Gasteiger partial charge in [0.25, 0.3) is 0 Å². The summed E-state index contributed by atoms with van der Waals surface area (Å²) in [6.07, 6.45) is 2.19. The number of hydrogen-bond acceptors (Lipinski definition) is 2. The molecule has 0 aromatic carbocycles. The van der Waals surface area contributed by atoms with Crippen molar-refractivity contribution in [2.75, 3.05) is 7.05 Å². The van der Waals surface area contributed by atoms with Crippen LogP contribution in [0.2, 0.25) is 0 Å². The SMILES string of the molecule is C[C-]1C(C)(C)C(C)(C)N(C)[C@]1(C)[C-]=O.[Y].[Y].[Y].[Y].[Y].[Y].[Y].[Y].[Y].[Y].[Y].[Y].[Y]. The molecule has 0 N–H and O–H groups in total. The van der Waals surface area contributed by atoms with E-state index in [1.165, 1.54) is 5.92 Å². The van der Waals surface area contributed by atoms with E-state index in [4.69, 9.17) is 0 Å². The molecule has 0 bridgehead atoms. The Balaban J connectivity index is -0.0000000137. The van der Waals surface area contributed by atoms with E-state index in [9.17, 15) is 4.79 Å². The predicted octanol–water partition coefficient (Wildman–Crippen LogP) is 2.17. The summed E-state index contributed by atoms with van der Waals surface area (Å²) in [7, 11) is 2.00. The topological polar surface area (TPSA) is 20.3 Å². The fraction of sp³-hybridized carbons (Fsp3) is 0.833. The van der Waals surface area contributed by atoms with Gasteiger partial charge in [0.05, 0.1) is 0 Å². The second-order valence-corrected chi connectivity index (χ2v) is 5.54. The molecule has 13 radical (unpaired) electrons. The number of likely N-dealkylation sites (N-methyl/N-ethyl adjacent to an activating group) is 1. The van der Waals surface area contributed by atoms with Crippen LogP contribution < -0.4 is 0 Å². The van der Waals surface area contributed by atoms with Gasteiger partial charge < -0.3 is 15.6 Å². The van der Waals surface area contributed by atoms with E-state index in [1.807, 2.05) is 14.0 Å². The van der Waals surface area contributed by atoms with Gasteiger partial charge in [0.15, 0.2) is 0 Å². The van der Waals surface area contributed by atoms with Crippen molar-refractivity contribution in [3.05, 3.63) is 5.92 Å². The molecule has 1 aliphatic heterocycles. The van der Waals surface area contributed by atoms with Crippen LogP contribution in [0.5, 0.6) is 0 Å². The number of carbonyl (C=O) groups excluding carboxylic acids is 1. The van der Waals surface area contributed by atoms with Crippen LogP contribution in [-0.4, -0.2) is 29.3 Å². The minimum absolute atomic E-state index is 0. The third-order valence-electron chi connectivity index (χ3n) is 4.91. The Kier molecular flexibility index (Phi) is 124. The van der Waals surface area contributed by atoms with Crippen LogP contribution in [0.4, 0.5) is 0 Å². The summed E-state index contributed by atoms with van der Waals surface area (Å²) >= 11 is 0. The van der Waals surface area contributed by atoms with Gasteiger partial charge in [-0.15, -0.1) is 5.41 Å². The van der Waals surface area contributed by atoms with Crippen LogP contribution in [0, 0.1) is 11.3 Å². The zero-order chi connectivity index (χ0) is 11.4. The maximum atomic E-state index is 11.1. The van der Waals surface area contributed by atoms with Crippen LogP contribution in [0.15, 0.2) is 0 Å². The molecule has 0 aromatic heterocycles. The zero-order valence-electron chi connectivity index (χ0n) is 17.9. The molecule has 0 unspecified atom stereocenters. The van der Waals surface area contributed by atoms with Gasteiger partial charge in [0.1, 0.15) is 0 Å². The maximum Gasteiger partial charge on any atom is 0 e. The van der Waals surface area contributed by atoms with Crippen molar-refractivity contribution in [1.29, 1.82) is 0 Å². The van der Waals surface area contributed by atoms with Gasteiger partial charge in [0, 0.05) is 425 Å². The average Bonchev–Trinajstić information content (AvgIpc) is 2.20. The largest absolute Gasteiger partial charge is 0.543 e. The number of rotatable bonds is 1. The summed E-state index contributed by atoms with van der Waals surface area (Å²) in [5, 5.41) is 0. The van der Waals surface area contributed by atoms with E-state index in [0.717, 1.165) is 0 Å². The molecule has 1 atom stereocenters. The van der Waals surface area contributed by atoms with Crippen LogP contribution >= 0.6 is 0 Å². The Morgan fingerprint density at radius 1 is 0.630 bits per heavy atom. The maximum absolute atomic E-state index is 11.1. The summed E-state index contributed by atoms with van der Waals surface area (Å²) < 4.78 is 0. The molecule has 27 heavy (non-hydrogen) atoms. The summed E-state index contributed by atoms with van der Waals surface area (Å²) in [5.74, 6) is 1.20. The third kappa shape index (κ3) is 23.1. The van der Waals surface area contributed by atoms with Crippen molar-refractivity contribution in [1.82, 2.24) is 4.90 Å². The van der Waals surface area contributed by atoms with Gasteiger partial charge in [-0.05, 0) is 26.4 Å². The summed E-state index contributed by atoms with van der Waals surface area (Å²) in [6, 6.07) is 0. The van der Waals surface area contributed by atoms with Gasteiger partial charge in [0.2, 0.25) is 0 Å². The number of hydrogen-bond donors (Lipinski definition) is 0. The van der Waals surface area contributed by atoms with E-state index in [1.54, 1.807) is 0 Å². The monoisotopic (exact) mass is 1350 g/mol. The Labute approximate surface area is 496 Å². The molecule has 1 aliphatic rings. The molecular formula is C12H21NOY13-2. The Morgan fingerprint density at radius 2 is 0.852 bits per heavy atom. The first-order valence-electron chi connectivity index (χ1n) is 5.10. The van der Waals surface area contributed by atoms with Crippen LogP contribution in [-0.2, 0) is 430 Å². The molecular weight excluding hydrogens is 1330 g/mol. The van der Waals surface area contributed by atoms with Crippen molar-refractivity contribution in [3.63, 3.8) is 0 Å². The van der Waals surface area contributed by atoms with E-state index in [0.29, 0.717) is 0 Å². The van der Waals surface area contributed by atoms with Gasteiger partial charge >= 0.3 is 0 Å². The van der Waals surface area contributed by atoms with E-state index >= 15 is 0 Å². The summed E-state index contributed by atoms with van der Waals surface area (Å²) in [5.41, 5.74) is -0.510. The molecule has 0 spiro atoms. The first-order chi connectivity index (χ1) is 6.12. The molecule has 2 nitrogen and oxygen atoms in total. The van der Waals surface area contributed by atoms with Crippen molar-refractivity contribution in [2.24, 2.45) is 5.41 Å². The molecule has 0 aromatic rings. The quantitative estimate of drug-likeness (QED) is 0.376. The van der Waals surface area contributed by atoms with Gasteiger partial charge in [-0.25, -0.2) is 5.54 Å². The van der Waals surface area contributed by atoms with Crippen LogP contribution in [0.25, 0.3) is 0 Å². The van der Waals surface area contributed by atoms with Crippen molar-refractivity contribution in [3.8, 4) is 0 Å². The Morgan fingerprint density at radius 3 is 0.926 bits per heavy atom. The van der Waals surface area contributed by atoms with E-state index < -0.39 is 5.54 Å². The Bertz CT molecular complexity index is 262. The molecule has 0 aliphatic carbocycles. The Hall–Kier alpha value is 14.0. The summed E-state index contributed by atoms with van der Waals surface area (Å²) in [6.45, 7) is 12.8. The fourth-order valence-electron chi connectivity index (χ4n) is 2.44. The standard InChI is InChI=1S/C12H21NO.13Y/c1-9-10(2,3)11(4,5)13(7)12(9,6)8-14;;;;;;;;;;;;;/h1-7H3;;;;;;;;;;;;;/q-2;;;;;;;;;;;;;/t12-;;;;;;;;;;;;;/m1............./s1. The number of nitrogens with zero attached hydrogens (tertiary/aromatic N) is 1. The second-order valence-electron chi connectivity index (χ2n) is 5.54. The zero-order valence-corrected chi connectivity index (χ0v) is 54.8. The minimum Gasteiger partial charge on any atom is -0.543 e. The van der Waals surface area contributed by atoms with Gasteiger partial charge in [-0.1, -0.05) is 20.8 Å². The normalized spacial score (nSPS) is 19.4. The molecule has 1 saturated heterocycles. The summed E-state index contributed by atoms with van der Waals surface area (Å²) in [4.78, 5) is 13.3. The average molecular weight is 1350 g/mol. The molecule has 1 fully saturated rings. The fourth-order valence-corrected chi connectivity index (χ4v) is 2.44. The van der Waals surface area contributed by atoms with Crippen molar-refractivity contribution < 1.29 is 430 Å². The third-order valence-corrected chi connectivity index (χ3v) is 4.91. The molecule has 15 heteroatoms. The number of likely N-dealkylation sites (tertiary alicyclic amines) is 1. The molecule has 121 valence electrons. The molecule has 1 heterocycles. The second kappa shape index (κ2) is 40.0. The van der Waals surface area contributed by atoms with Crippen molar-refractivity contribution in [2.45, 2.75) is 52.6 Å². The molecule has 1 rings (SSSR count). The molecule has 0 amide bonds. The van der Waals surface area contributed by atoms with Crippen molar-refractivity contribution >= 4 is 6.29 Å². The van der Waals surface area contributed by atoms with Crippen LogP contribution in [0.3, 0.4) is 0 Å². The predicted molar refractivity (Wildman–Crippen MR) is 58.6 cm³/mol.